The van der Waals surface area contributed by atoms with Crippen LogP contribution in [-0.2, 0) is 6.54 Å². The van der Waals surface area contributed by atoms with Crippen molar-refractivity contribution in [3.8, 4) is 5.75 Å². The van der Waals surface area contributed by atoms with E-state index in [4.69, 9.17) is 4.74 Å². The second kappa shape index (κ2) is 9.08. The lowest BCUT2D eigenvalue weighted by Crippen LogP contribution is -2.69. The number of pyridine rings is 1. The van der Waals surface area contributed by atoms with Crippen molar-refractivity contribution in [2.45, 2.75) is 50.4 Å². The normalized spacial score (nSPS) is 27.4. The smallest absolute Gasteiger partial charge is 0.135 e. The van der Waals surface area contributed by atoms with Crippen LogP contribution in [0.5, 0.6) is 5.75 Å². The lowest BCUT2D eigenvalue weighted by atomic mass is 9.85. The highest BCUT2D eigenvalue weighted by Crippen LogP contribution is 2.48. The second-order valence-corrected chi connectivity index (χ2v) is 9.73. The molecule has 2 aromatic carbocycles. The molecule has 3 heterocycles. The van der Waals surface area contributed by atoms with Gasteiger partial charge in [0, 0.05) is 30.8 Å². The Morgan fingerprint density at radius 3 is 2.65 bits per heavy atom. The molecule has 0 saturated carbocycles. The minimum Gasteiger partial charge on any atom is -0.497 e. The van der Waals surface area contributed by atoms with Gasteiger partial charge in [-0.05, 0) is 54.3 Å². The van der Waals surface area contributed by atoms with E-state index >= 15 is 0 Å². The van der Waals surface area contributed by atoms with E-state index in [2.05, 4.69) is 11.6 Å². The number of fused-ring (bicyclic) bond motifs is 2. The summed E-state index contributed by atoms with van der Waals surface area (Å²) in [5, 5.41) is 12.7. The molecular formula is C28H31F2N2O2+. The van der Waals surface area contributed by atoms with E-state index in [1.54, 1.807) is 13.3 Å². The van der Waals surface area contributed by atoms with Gasteiger partial charge in [-0.25, -0.2) is 8.78 Å². The van der Waals surface area contributed by atoms with Crippen LogP contribution < -0.4 is 4.74 Å². The van der Waals surface area contributed by atoms with Crippen LogP contribution in [-0.4, -0.2) is 40.3 Å². The zero-order chi connectivity index (χ0) is 23.9. The Labute approximate surface area is 199 Å². The fraction of sp³-hybridized carbons (Fsp3) is 0.393. The Kier molecular flexibility index (Phi) is 6.13. The van der Waals surface area contributed by atoms with Gasteiger partial charge in [0.1, 0.15) is 36.1 Å². The first-order valence-electron chi connectivity index (χ1n) is 12.0. The van der Waals surface area contributed by atoms with E-state index in [0.29, 0.717) is 16.2 Å². The standard InChI is InChI=1S/C28H31F2N2O2/c1-3-18-7-10-27(28(33)21-11-13-31-26-9-8-20(34-2)16-22(21)26)32(14-12-19(32)15-18)17-23-24(29)5-4-6-25(23)30/h3-6,8-9,11,13,16,18-19,27-28,33H,1,7,10,12,14-15,17H2,2H3/q+1/t18?,19?,27?,28?,32-/m0/s1. The van der Waals surface area contributed by atoms with E-state index in [-0.39, 0.29) is 24.2 Å². The number of aliphatic hydroxyl groups excluding tert-OH is 1. The molecule has 2 saturated heterocycles. The van der Waals surface area contributed by atoms with Gasteiger partial charge < -0.3 is 14.3 Å². The van der Waals surface area contributed by atoms with E-state index in [9.17, 15) is 13.9 Å². The quantitative estimate of drug-likeness (QED) is 0.375. The third-order valence-electron chi connectivity index (χ3n) is 8.19. The molecule has 0 bridgehead atoms. The van der Waals surface area contributed by atoms with Crippen molar-refractivity contribution in [2.75, 3.05) is 13.7 Å². The van der Waals surface area contributed by atoms with Crippen molar-refractivity contribution in [3.05, 3.63) is 84.1 Å². The van der Waals surface area contributed by atoms with Crippen LogP contribution in [0.2, 0.25) is 0 Å². The summed E-state index contributed by atoms with van der Waals surface area (Å²) >= 11 is 0. The van der Waals surface area contributed by atoms with Crippen LogP contribution in [0, 0.1) is 17.6 Å². The zero-order valence-corrected chi connectivity index (χ0v) is 19.5. The molecule has 0 amide bonds. The Balaban J connectivity index is 1.60. The van der Waals surface area contributed by atoms with E-state index in [1.165, 1.54) is 18.2 Å². The number of quaternary nitrogens is 1. The number of ether oxygens (including phenoxy) is 1. The van der Waals surface area contributed by atoms with Crippen LogP contribution in [0.25, 0.3) is 10.9 Å². The molecule has 2 aliphatic heterocycles. The maximum absolute atomic E-state index is 14.8. The highest BCUT2D eigenvalue weighted by molar-refractivity contribution is 5.83. The highest BCUT2D eigenvalue weighted by atomic mass is 19.1. The van der Waals surface area contributed by atoms with Gasteiger partial charge in [0.05, 0.1) is 30.8 Å². The predicted octanol–water partition coefficient (Wildman–Crippen LogP) is 5.70. The van der Waals surface area contributed by atoms with Crippen LogP contribution in [0.4, 0.5) is 8.78 Å². The Bertz CT molecular complexity index is 1200. The topological polar surface area (TPSA) is 42.4 Å². The van der Waals surface area contributed by atoms with Gasteiger partial charge in [-0.1, -0.05) is 12.1 Å². The molecule has 5 atom stereocenters. The zero-order valence-electron chi connectivity index (χ0n) is 19.5. The summed E-state index contributed by atoms with van der Waals surface area (Å²) < 4.78 is 35.4. The lowest BCUT2D eigenvalue weighted by molar-refractivity contribution is -1.02. The SMILES string of the molecule is C=CC1CCC(C(O)c2ccnc3ccc(OC)cc23)[N@+]2(Cc3c(F)cccc3F)CCC2C1. The molecule has 5 rings (SSSR count). The van der Waals surface area contributed by atoms with E-state index in [1.807, 2.05) is 30.3 Å². The monoisotopic (exact) mass is 465 g/mol. The van der Waals surface area contributed by atoms with Crippen LogP contribution in [0.15, 0.2) is 61.3 Å². The van der Waals surface area contributed by atoms with Gasteiger partial charge in [-0.2, -0.15) is 0 Å². The summed E-state index contributed by atoms with van der Waals surface area (Å²) in [6.07, 6.45) is 6.45. The molecule has 4 unspecified atom stereocenters. The first-order chi connectivity index (χ1) is 16.5. The first kappa shape index (κ1) is 22.9. The molecule has 178 valence electrons. The van der Waals surface area contributed by atoms with Gasteiger partial charge in [0.15, 0.2) is 0 Å². The number of rotatable bonds is 6. The van der Waals surface area contributed by atoms with Gasteiger partial charge >= 0.3 is 0 Å². The molecule has 0 aliphatic carbocycles. The molecule has 2 aliphatic rings. The summed E-state index contributed by atoms with van der Waals surface area (Å²) in [5.41, 5.74) is 1.67. The lowest BCUT2D eigenvalue weighted by Gasteiger charge is -2.57. The van der Waals surface area contributed by atoms with E-state index in [0.717, 1.165) is 48.7 Å². The van der Waals surface area contributed by atoms with Crippen molar-refractivity contribution in [3.63, 3.8) is 0 Å². The third kappa shape index (κ3) is 3.79. The number of aliphatic hydroxyl groups is 1. The Hall–Kier alpha value is -2.83. The van der Waals surface area contributed by atoms with Crippen LogP contribution in [0.1, 0.15) is 42.9 Å². The van der Waals surface area contributed by atoms with Gasteiger partial charge in [0.25, 0.3) is 0 Å². The molecule has 1 N–H and O–H groups in total. The minimum atomic E-state index is -0.807. The molecular weight excluding hydrogens is 434 g/mol. The first-order valence-corrected chi connectivity index (χ1v) is 12.0. The second-order valence-electron chi connectivity index (χ2n) is 9.73. The molecule has 34 heavy (non-hydrogen) atoms. The van der Waals surface area contributed by atoms with Crippen molar-refractivity contribution in [1.82, 2.24) is 4.98 Å². The number of methoxy groups -OCH3 is 1. The van der Waals surface area contributed by atoms with Gasteiger partial charge in [0.2, 0.25) is 0 Å². The molecule has 3 aromatic rings. The number of benzene rings is 2. The van der Waals surface area contributed by atoms with Gasteiger partial charge in [-0.15, -0.1) is 6.58 Å². The van der Waals surface area contributed by atoms with E-state index < -0.39 is 17.7 Å². The fourth-order valence-electron chi connectivity index (χ4n) is 6.21. The maximum Gasteiger partial charge on any atom is 0.135 e. The number of hydrogen-bond donors (Lipinski definition) is 1. The Morgan fingerprint density at radius 1 is 1.18 bits per heavy atom. The summed E-state index contributed by atoms with van der Waals surface area (Å²) in [6.45, 7) is 5.05. The largest absolute Gasteiger partial charge is 0.497 e. The summed E-state index contributed by atoms with van der Waals surface area (Å²) in [5.74, 6) is -0.00885. The average molecular weight is 466 g/mol. The number of halogens is 2. The number of hydrogen-bond acceptors (Lipinski definition) is 3. The van der Waals surface area contributed by atoms with Crippen molar-refractivity contribution < 1.29 is 23.1 Å². The Morgan fingerprint density at radius 2 is 1.97 bits per heavy atom. The summed E-state index contributed by atoms with van der Waals surface area (Å²) in [7, 11) is 1.61. The maximum atomic E-state index is 14.8. The van der Waals surface area contributed by atoms with Crippen LogP contribution in [0.3, 0.4) is 0 Å². The van der Waals surface area contributed by atoms with Crippen molar-refractivity contribution in [1.29, 1.82) is 0 Å². The van der Waals surface area contributed by atoms with Crippen molar-refractivity contribution >= 4 is 10.9 Å². The van der Waals surface area contributed by atoms with Crippen LogP contribution >= 0.6 is 0 Å². The van der Waals surface area contributed by atoms with Crippen molar-refractivity contribution in [2.24, 2.45) is 5.92 Å². The molecule has 0 spiro atoms. The average Bonchev–Trinajstić information content (AvgIpc) is 2.94. The number of aromatic nitrogens is 1. The predicted molar refractivity (Wildman–Crippen MR) is 128 cm³/mol. The minimum absolute atomic E-state index is 0.114. The molecule has 1 aromatic heterocycles. The van der Waals surface area contributed by atoms with Gasteiger partial charge in [-0.3, -0.25) is 4.98 Å². The molecule has 2 fully saturated rings. The third-order valence-corrected chi connectivity index (χ3v) is 8.19. The molecule has 6 heteroatoms. The number of allylic oxidation sites excluding steroid dienone is 1. The summed E-state index contributed by atoms with van der Waals surface area (Å²) in [6, 6.07) is 11.6. The fourth-order valence-corrected chi connectivity index (χ4v) is 6.21. The number of nitrogens with zero attached hydrogens (tertiary/aromatic N) is 2. The highest BCUT2D eigenvalue weighted by Gasteiger charge is 2.56. The molecule has 0 radical (unpaired) electrons. The molecule has 4 nitrogen and oxygen atoms in total. The summed E-state index contributed by atoms with van der Waals surface area (Å²) in [4.78, 5) is 4.46.